The number of benzene rings is 3. The summed E-state index contributed by atoms with van der Waals surface area (Å²) in [5, 5.41) is 0. The van der Waals surface area contributed by atoms with Gasteiger partial charge in [0, 0.05) is 26.6 Å². The zero-order valence-electron chi connectivity index (χ0n) is 22.7. The molecular formula is C33H34N2O4. The van der Waals surface area contributed by atoms with E-state index in [1.807, 2.05) is 54.3 Å². The number of rotatable bonds is 8. The molecule has 6 heteroatoms. The third-order valence-corrected chi connectivity index (χ3v) is 7.22. The zero-order chi connectivity index (χ0) is 27.4. The van der Waals surface area contributed by atoms with Crippen LogP contribution in [0.25, 0.3) is 0 Å². The second-order valence-corrected chi connectivity index (χ2v) is 10.1. The quantitative estimate of drug-likeness (QED) is 0.272. The average Bonchev–Trinajstić information content (AvgIpc) is 3.44. The Balaban J connectivity index is 1.31. The normalized spacial score (nSPS) is 14.5. The van der Waals surface area contributed by atoms with Crippen LogP contribution in [-0.2, 0) is 24.4 Å². The van der Waals surface area contributed by atoms with Crippen LogP contribution in [0.2, 0.25) is 0 Å². The molecule has 39 heavy (non-hydrogen) atoms. The molecule has 5 rings (SSSR count). The SMILES string of the molecule is CCC(=O)N1CCc2ccc(OCc3ccc(C(=O)N(C)Cc4ccccc4)o3)cc2C1c1ccc(C)cc1. The minimum atomic E-state index is -0.180. The molecule has 1 aliphatic rings. The summed E-state index contributed by atoms with van der Waals surface area (Å²) in [6, 6.07) is 27.6. The molecule has 0 fully saturated rings. The number of carbonyl (C=O) groups excluding carboxylic acids is 2. The van der Waals surface area contributed by atoms with Crippen LogP contribution >= 0.6 is 0 Å². The minimum absolute atomic E-state index is 0.141. The molecular weight excluding hydrogens is 488 g/mol. The number of carbonyl (C=O) groups is 2. The van der Waals surface area contributed by atoms with Crippen molar-refractivity contribution < 1.29 is 18.7 Å². The molecule has 1 aliphatic heterocycles. The number of aryl methyl sites for hydroxylation is 1. The molecule has 0 radical (unpaired) electrons. The van der Waals surface area contributed by atoms with Gasteiger partial charge in [-0.15, -0.1) is 0 Å². The first-order valence-electron chi connectivity index (χ1n) is 13.4. The standard InChI is InChI=1S/C33H34N2O4/c1-4-31(36)35-19-18-25-14-15-27(20-29(25)32(35)26-12-10-23(2)11-13-26)38-22-28-16-17-30(39-28)33(37)34(3)21-24-8-6-5-7-9-24/h5-17,20,32H,4,18-19,21-22H2,1-3H3. The van der Waals surface area contributed by atoms with Crippen molar-refractivity contribution in [2.45, 2.75) is 45.9 Å². The molecule has 1 unspecified atom stereocenters. The fraction of sp³-hybridized carbons (Fsp3) is 0.273. The van der Waals surface area contributed by atoms with Crippen molar-refractivity contribution in [3.8, 4) is 5.75 Å². The average molecular weight is 523 g/mol. The molecule has 0 N–H and O–H groups in total. The van der Waals surface area contributed by atoms with Crippen LogP contribution in [0.15, 0.2) is 89.3 Å². The Kier molecular flexibility index (Phi) is 7.82. The number of furan rings is 1. The lowest BCUT2D eigenvalue weighted by molar-refractivity contribution is -0.132. The van der Waals surface area contributed by atoms with Crippen LogP contribution in [0.3, 0.4) is 0 Å². The molecule has 0 saturated carbocycles. The molecule has 3 aromatic carbocycles. The van der Waals surface area contributed by atoms with Crippen LogP contribution in [0.1, 0.15) is 63.5 Å². The predicted octanol–water partition coefficient (Wildman–Crippen LogP) is 6.32. The predicted molar refractivity (Wildman–Crippen MR) is 150 cm³/mol. The Hall–Kier alpha value is -4.32. The van der Waals surface area contributed by atoms with Gasteiger partial charge in [0.2, 0.25) is 5.91 Å². The van der Waals surface area contributed by atoms with Crippen molar-refractivity contribution in [1.29, 1.82) is 0 Å². The lowest BCUT2D eigenvalue weighted by Gasteiger charge is -2.38. The summed E-state index contributed by atoms with van der Waals surface area (Å²) in [4.78, 5) is 29.4. The summed E-state index contributed by atoms with van der Waals surface area (Å²) in [5.41, 5.74) is 5.64. The second kappa shape index (κ2) is 11.6. The summed E-state index contributed by atoms with van der Waals surface area (Å²) in [6.45, 7) is 5.36. The molecule has 1 atom stereocenters. The van der Waals surface area contributed by atoms with Gasteiger partial charge in [0.05, 0.1) is 6.04 Å². The molecule has 2 heterocycles. The summed E-state index contributed by atoms with van der Waals surface area (Å²) in [7, 11) is 1.76. The third-order valence-electron chi connectivity index (χ3n) is 7.22. The maximum absolute atomic E-state index is 12.9. The Bertz CT molecular complexity index is 1440. The number of hydrogen-bond acceptors (Lipinski definition) is 4. The van der Waals surface area contributed by atoms with E-state index >= 15 is 0 Å². The van der Waals surface area contributed by atoms with Gasteiger partial charge < -0.3 is 19.0 Å². The maximum Gasteiger partial charge on any atom is 0.289 e. The molecule has 6 nitrogen and oxygen atoms in total. The van der Waals surface area contributed by atoms with Crippen LogP contribution in [0.5, 0.6) is 5.75 Å². The van der Waals surface area contributed by atoms with Gasteiger partial charge in [-0.2, -0.15) is 0 Å². The minimum Gasteiger partial charge on any atom is -0.486 e. The third kappa shape index (κ3) is 5.90. The lowest BCUT2D eigenvalue weighted by Crippen LogP contribution is -2.40. The number of nitrogens with zero attached hydrogens (tertiary/aromatic N) is 2. The highest BCUT2D eigenvalue weighted by atomic mass is 16.5. The number of ether oxygens (including phenoxy) is 1. The van der Waals surface area contributed by atoms with Gasteiger partial charge in [0.1, 0.15) is 18.1 Å². The Morgan fingerprint density at radius 3 is 2.51 bits per heavy atom. The van der Waals surface area contributed by atoms with E-state index in [2.05, 4.69) is 37.3 Å². The first-order chi connectivity index (χ1) is 18.9. The van der Waals surface area contributed by atoms with Gasteiger partial charge in [0.25, 0.3) is 5.91 Å². The van der Waals surface area contributed by atoms with E-state index in [1.54, 1.807) is 24.1 Å². The van der Waals surface area contributed by atoms with E-state index in [4.69, 9.17) is 9.15 Å². The molecule has 4 aromatic rings. The van der Waals surface area contributed by atoms with E-state index in [9.17, 15) is 9.59 Å². The molecule has 0 spiro atoms. The van der Waals surface area contributed by atoms with Gasteiger partial charge in [-0.3, -0.25) is 9.59 Å². The summed E-state index contributed by atoms with van der Waals surface area (Å²) < 4.78 is 11.9. The molecule has 0 bridgehead atoms. The van der Waals surface area contributed by atoms with Gasteiger partial charge in [-0.25, -0.2) is 0 Å². The van der Waals surface area contributed by atoms with Crippen LogP contribution in [-0.4, -0.2) is 35.2 Å². The Morgan fingerprint density at radius 2 is 1.77 bits per heavy atom. The van der Waals surface area contributed by atoms with E-state index in [0.717, 1.165) is 23.1 Å². The van der Waals surface area contributed by atoms with Crippen molar-refractivity contribution in [1.82, 2.24) is 9.80 Å². The smallest absolute Gasteiger partial charge is 0.289 e. The molecule has 200 valence electrons. The maximum atomic E-state index is 12.9. The highest BCUT2D eigenvalue weighted by Gasteiger charge is 2.31. The highest BCUT2D eigenvalue weighted by molar-refractivity contribution is 5.91. The molecule has 0 aliphatic carbocycles. The lowest BCUT2D eigenvalue weighted by atomic mass is 9.87. The topological polar surface area (TPSA) is 63.0 Å². The Labute approximate surface area is 229 Å². The van der Waals surface area contributed by atoms with Crippen molar-refractivity contribution in [2.75, 3.05) is 13.6 Å². The summed E-state index contributed by atoms with van der Waals surface area (Å²) >= 11 is 0. The zero-order valence-corrected chi connectivity index (χ0v) is 22.7. The van der Waals surface area contributed by atoms with Gasteiger partial charge in [0.15, 0.2) is 5.76 Å². The first-order valence-corrected chi connectivity index (χ1v) is 13.4. The van der Waals surface area contributed by atoms with Gasteiger partial charge in [-0.05, 0) is 59.9 Å². The van der Waals surface area contributed by atoms with Crippen molar-refractivity contribution in [2.24, 2.45) is 0 Å². The molecule has 1 aromatic heterocycles. The fourth-order valence-electron chi connectivity index (χ4n) is 5.11. The Morgan fingerprint density at radius 1 is 1.00 bits per heavy atom. The molecule has 2 amide bonds. The van der Waals surface area contributed by atoms with Crippen molar-refractivity contribution >= 4 is 11.8 Å². The van der Waals surface area contributed by atoms with Crippen LogP contribution in [0, 0.1) is 6.92 Å². The monoisotopic (exact) mass is 522 g/mol. The van der Waals surface area contributed by atoms with Gasteiger partial charge >= 0.3 is 0 Å². The van der Waals surface area contributed by atoms with Crippen LogP contribution < -0.4 is 4.74 Å². The van der Waals surface area contributed by atoms with E-state index < -0.39 is 0 Å². The summed E-state index contributed by atoms with van der Waals surface area (Å²) in [5.74, 6) is 1.51. The highest BCUT2D eigenvalue weighted by Crippen LogP contribution is 2.37. The van der Waals surface area contributed by atoms with Gasteiger partial charge in [-0.1, -0.05) is 73.2 Å². The van der Waals surface area contributed by atoms with E-state index in [-0.39, 0.29) is 30.2 Å². The second-order valence-electron chi connectivity index (χ2n) is 10.1. The van der Waals surface area contributed by atoms with E-state index in [0.29, 0.717) is 31.0 Å². The van der Waals surface area contributed by atoms with Crippen molar-refractivity contribution in [3.05, 3.63) is 124 Å². The van der Waals surface area contributed by atoms with E-state index in [1.165, 1.54) is 11.1 Å². The number of fused-ring (bicyclic) bond motifs is 1. The first kappa shape index (κ1) is 26.3. The molecule has 0 saturated heterocycles. The largest absolute Gasteiger partial charge is 0.486 e. The summed E-state index contributed by atoms with van der Waals surface area (Å²) in [6.07, 6.45) is 1.28. The van der Waals surface area contributed by atoms with Crippen LogP contribution in [0.4, 0.5) is 0 Å². The number of amides is 2. The fourth-order valence-corrected chi connectivity index (χ4v) is 5.11. The number of hydrogen-bond donors (Lipinski definition) is 0. The van der Waals surface area contributed by atoms with Crippen molar-refractivity contribution in [3.63, 3.8) is 0 Å².